The van der Waals surface area contributed by atoms with Crippen molar-refractivity contribution in [1.29, 1.82) is 0 Å². The minimum absolute atomic E-state index is 0.0590. The monoisotopic (exact) mass is 448 g/mol. The summed E-state index contributed by atoms with van der Waals surface area (Å²) in [5.41, 5.74) is 0.265. The Morgan fingerprint density at radius 1 is 0.844 bits per heavy atom. The van der Waals surface area contributed by atoms with Gasteiger partial charge < -0.3 is 10.0 Å². The van der Waals surface area contributed by atoms with E-state index in [0.717, 1.165) is 25.5 Å². The number of nitro benzene ring substituents is 1. The molecule has 1 aromatic rings. The molecule has 1 rings (SSSR count). The average molecular weight is 449 g/mol. The highest BCUT2D eigenvalue weighted by molar-refractivity contribution is 5.89. The van der Waals surface area contributed by atoms with Crippen LogP contribution in [-0.2, 0) is 0 Å². The summed E-state index contributed by atoms with van der Waals surface area (Å²) < 4.78 is 0. The highest BCUT2D eigenvalue weighted by Crippen LogP contribution is 2.29. The zero-order valence-electron chi connectivity index (χ0n) is 20.3. The van der Waals surface area contributed by atoms with Crippen molar-refractivity contribution in [1.82, 2.24) is 0 Å². The highest BCUT2D eigenvalue weighted by atomic mass is 16.6. The maximum atomic E-state index is 11.3. The smallest absolute Gasteiger partial charge is 0.335 e. The first-order chi connectivity index (χ1) is 15.5. The molecule has 0 fully saturated rings. The van der Waals surface area contributed by atoms with Crippen molar-refractivity contribution in [3.8, 4) is 0 Å². The maximum Gasteiger partial charge on any atom is 0.335 e. The molecule has 0 spiro atoms. The second-order valence-electron chi connectivity index (χ2n) is 8.99. The van der Waals surface area contributed by atoms with Gasteiger partial charge in [0.15, 0.2) is 0 Å². The van der Waals surface area contributed by atoms with Gasteiger partial charge in [0.25, 0.3) is 5.69 Å². The molecule has 0 aliphatic rings. The Morgan fingerprint density at radius 2 is 1.28 bits per heavy atom. The van der Waals surface area contributed by atoms with Gasteiger partial charge in [-0.3, -0.25) is 10.1 Å². The molecule has 0 saturated carbocycles. The van der Waals surface area contributed by atoms with Crippen molar-refractivity contribution in [3.05, 3.63) is 33.9 Å². The van der Waals surface area contributed by atoms with Crippen LogP contribution in [-0.4, -0.2) is 29.6 Å². The normalized spacial score (nSPS) is 10.9. The van der Waals surface area contributed by atoms with Crippen LogP contribution in [0.1, 0.15) is 120 Å². The minimum atomic E-state index is -1.15. The lowest BCUT2D eigenvalue weighted by molar-refractivity contribution is -0.384. The molecule has 0 bridgehead atoms. The molecule has 0 aromatic heterocycles. The summed E-state index contributed by atoms with van der Waals surface area (Å²) in [5, 5.41) is 20.4. The van der Waals surface area contributed by atoms with Gasteiger partial charge in [-0.05, 0) is 18.6 Å². The van der Waals surface area contributed by atoms with Gasteiger partial charge in [0.1, 0.15) is 5.69 Å². The number of rotatable bonds is 20. The van der Waals surface area contributed by atoms with Crippen molar-refractivity contribution in [2.75, 3.05) is 18.5 Å². The SMILES string of the molecule is CCCCCCCCCCCCCCCCCCN(C)c1ccc(C(=O)O)cc1[N+](=O)[O-]. The van der Waals surface area contributed by atoms with E-state index in [1.807, 2.05) is 11.9 Å². The molecule has 0 aliphatic carbocycles. The van der Waals surface area contributed by atoms with Crippen LogP contribution in [0.2, 0.25) is 0 Å². The number of carboxylic acid groups (broad SMARTS) is 1. The quantitative estimate of drug-likeness (QED) is 0.124. The van der Waals surface area contributed by atoms with Crippen molar-refractivity contribution in [2.45, 2.75) is 110 Å². The second-order valence-corrected chi connectivity index (χ2v) is 8.99. The fourth-order valence-electron chi connectivity index (χ4n) is 4.14. The number of carbonyl (C=O) groups is 1. The zero-order chi connectivity index (χ0) is 23.6. The van der Waals surface area contributed by atoms with E-state index >= 15 is 0 Å². The molecule has 0 unspecified atom stereocenters. The molecule has 1 aromatic carbocycles. The topological polar surface area (TPSA) is 83.7 Å². The first-order valence-electron chi connectivity index (χ1n) is 12.7. The summed E-state index contributed by atoms with van der Waals surface area (Å²) >= 11 is 0. The standard InChI is InChI=1S/C26H44N2O4/c1-3-4-5-6-7-8-9-10-11-12-13-14-15-16-17-18-21-27(2)24-20-19-23(26(29)30)22-25(24)28(31)32/h19-20,22H,3-18,21H2,1-2H3,(H,29,30). The molecule has 0 amide bonds. The predicted molar refractivity (Wildman–Crippen MR) is 133 cm³/mol. The molecule has 0 atom stereocenters. The van der Waals surface area contributed by atoms with Gasteiger partial charge in [0.05, 0.1) is 10.5 Å². The number of unbranched alkanes of at least 4 members (excludes halogenated alkanes) is 15. The molecule has 182 valence electrons. The van der Waals surface area contributed by atoms with E-state index in [2.05, 4.69) is 6.92 Å². The van der Waals surface area contributed by atoms with E-state index in [0.29, 0.717) is 5.69 Å². The maximum absolute atomic E-state index is 11.3. The Morgan fingerprint density at radius 3 is 1.69 bits per heavy atom. The predicted octanol–water partition coefficient (Wildman–Crippen LogP) is 7.99. The van der Waals surface area contributed by atoms with Crippen molar-refractivity contribution < 1.29 is 14.8 Å². The first-order valence-corrected chi connectivity index (χ1v) is 12.7. The highest BCUT2D eigenvalue weighted by Gasteiger charge is 2.19. The molecular weight excluding hydrogens is 404 g/mol. The molecule has 0 heterocycles. The summed E-state index contributed by atoms with van der Waals surface area (Å²) in [6.45, 7) is 2.99. The van der Waals surface area contributed by atoms with Crippen molar-refractivity contribution >= 4 is 17.3 Å². The average Bonchev–Trinajstić information content (AvgIpc) is 2.78. The Labute approximate surface area is 194 Å². The van der Waals surface area contributed by atoms with Gasteiger partial charge in [-0.15, -0.1) is 0 Å². The molecule has 0 saturated heterocycles. The molecule has 0 radical (unpaired) electrons. The molecule has 0 aliphatic heterocycles. The lowest BCUT2D eigenvalue weighted by Gasteiger charge is -2.19. The third-order valence-electron chi connectivity index (χ3n) is 6.18. The molecule has 1 N–H and O–H groups in total. The Hall–Kier alpha value is -2.11. The number of carboxylic acids is 1. The number of benzene rings is 1. The van der Waals surface area contributed by atoms with Gasteiger partial charge in [-0.2, -0.15) is 0 Å². The Bertz CT molecular complexity index is 663. The van der Waals surface area contributed by atoms with Crippen LogP contribution >= 0.6 is 0 Å². The van der Waals surface area contributed by atoms with E-state index in [1.165, 1.54) is 102 Å². The summed E-state index contributed by atoms with van der Waals surface area (Å²) in [4.78, 5) is 23.7. The Kier molecular flexibility index (Phi) is 15.2. The lowest BCUT2D eigenvalue weighted by Crippen LogP contribution is -2.20. The van der Waals surface area contributed by atoms with Crippen molar-refractivity contribution in [2.24, 2.45) is 0 Å². The third-order valence-corrected chi connectivity index (χ3v) is 6.18. The van der Waals surface area contributed by atoms with Gasteiger partial charge in [0.2, 0.25) is 0 Å². The van der Waals surface area contributed by atoms with E-state index < -0.39 is 10.9 Å². The van der Waals surface area contributed by atoms with Crippen molar-refractivity contribution in [3.63, 3.8) is 0 Å². The number of hydrogen-bond donors (Lipinski definition) is 1. The largest absolute Gasteiger partial charge is 0.478 e. The van der Waals surface area contributed by atoms with E-state index in [-0.39, 0.29) is 11.3 Å². The van der Waals surface area contributed by atoms with Crippen LogP contribution < -0.4 is 4.90 Å². The molecule has 6 nitrogen and oxygen atoms in total. The fourth-order valence-corrected chi connectivity index (χ4v) is 4.14. The second kappa shape index (κ2) is 17.4. The van der Waals surface area contributed by atoms with E-state index in [4.69, 9.17) is 5.11 Å². The van der Waals surface area contributed by atoms with Gasteiger partial charge in [0, 0.05) is 19.7 Å². The number of hydrogen-bond acceptors (Lipinski definition) is 4. The number of nitrogens with zero attached hydrogens (tertiary/aromatic N) is 2. The van der Waals surface area contributed by atoms with Crippen LogP contribution in [0.3, 0.4) is 0 Å². The van der Waals surface area contributed by atoms with Crippen LogP contribution in [0, 0.1) is 10.1 Å². The fraction of sp³-hybridized carbons (Fsp3) is 0.731. The van der Waals surface area contributed by atoms with E-state index in [1.54, 1.807) is 0 Å². The van der Waals surface area contributed by atoms with Crippen LogP contribution in [0.25, 0.3) is 0 Å². The van der Waals surface area contributed by atoms with Gasteiger partial charge in [-0.1, -0.05) is 103 Å². The molecule has 6 heteroatoms. The van der Waals surface area contributed by atoms with Gasteiger partial charge >= 0.3 is 5.97 Å². The number of nitro groups is 1. The number of aromatic carboxylic acids is 1. The molecular formula is C26H44N2O4. The summed E-state index contributed by atoms with van der Waals surface area (Å²) in [7, 11) is 1.83. The van der Waals surface area contributed by atoms with Crippen LogP contribution in [0.15, 0.2) is 18.2 Å². The molecule has 32 heavy (non-hydrogen) atoms. The van der Waals surface area contributed by atoms with Crippen LogP contribution in [0.5, 0.6) is 0 Å². The summed E-state index contributed by atoms with van der Waals surface area (Å²) in [5.74, 6) is -1.15. The van der Waals surface area contributed by atoms with Crippen LogP contribution in [0.4, 0.5) is 11.4 Å². The first kappa shape index (κ1) is 27.9. The lowest BCUT2D eigenvalue weighted by atomic mass is 10.0. The Balaban J connectivity index is 2.06. The van der Waals surface area contributed by atoms with Gasteiger partial charge in [-0.25, -0.2) is 4.79 Å². The summed E-state index contributed by atoms with van der Waals surface area (Å²) in [6, 6.07) is 4.10. The summed E-state index contributed by atoms with van der Waals surface area (Å²) in [6.07, 6.45) is 21.1. The zero-order valence-corrected chi connectivity index (χ0v) is 20.3. The third kappa shape index (κ3) is 12.1. The number of anilines is 1. The minimum Gasteiger partial charge on any atom is -0.478 e. The van der Waals surface area contributed by atoms with E-state index in [9.17, 15) is 14.9 Å².